The molecule has 4 aliphatic rings. The molecule has 1 atom stereocenters. The smallest absolute Gasteiger partial charge is 0.276 e. The molecule has 6 heterocycles. The van der Waals surface area contributed by atoms with Crippen LogP contribution in [0.3, 0.4) is 0 Å². The van der Waals surface area contributed by atoms with E-state index in [0.717, 1.165) is 24.1 Å². The average Bonchev–Trinajstić information content (AvgIpc) is 3.60. The molecule has 1 saturated heterocycles. The van der Waals surface area contributed by atoms with Gasteiger partial charge < -0.3 is 19.5 Å². The second-order valence-corrected chi connectivity index (χ2v) is 13.0. The normalized spacial score (nSPS) is 22.3. The van der Waals surface area contributed by atoms with E-state index in [1.165, 1.54) is 11.3 Å². The number of pyridine rings is 1. The number of hydrogen-bond acceptors (Lipinski definition) is 7. The lowest BCUT2D eigenvalue weighted by atomic mass is 9.87. The number of aliphatic hydroxyl groups is 1. The Morgan fingerprint density at radius 3 is 2.65 bits per heavy atom. The highest BCUT2D eigenvalue weighted by Gasteiger charge is 2.38. The van der Waals surface area contributed by atoms with Crippen LogP contribution in [0.25, 0.3) is 0 Å². The number of nitrogens with zero attached hydrogens (tertiary/aromatic N) is 8. The van der Waals surface area contributed by atoms with Crippen molar-refractivity contribution in [1.82, 2.24) is 29.1 Å². The van der Waals surface area contributed by atoms with E-state index in [9.17, 15) is 19.5 Å². The molecule has 0 saturated carbocycles. The molecule has 0 spiro atoms. The fourth-order valence-corrected chi connectivity index (χ4v) is 7.18. The molecule has 7 rings (SSSR count). The molecule has 0 aromatic carbocycles. The first-order valence-corrected chi connectivity index (χ1v) is 14.8. The number of hydrogen-bond donors (Lipinski definition) is 1. The van der Waals surface area contributed by atoms with Gasteiger partial charge >= 0.3 is 0 Å². The summed E-state index contributed by atoms with van der Waals surface area (Å²) in [5.74, 6) is 0.381. The molecule has 1 unspecified atom stereocenters. The number of aromatic nitrogens is 4. The number of rotatable bonds is 4. The van der Waals surface area contributed by atoms with Crippen molar-refractivity contribution in [2.45, 2.75) is 65.3 Å². The largest absolute Gasteiger partial charge is 0.392 e. The van der Waals surface area contributed by atoms with Crippen LogP contribution >= 0.6 is 0 Å². The summed E-state index contributed by atoms with van der Waals surface area (Å²) < 4.78 is 3.80. The maximum Gasteiger partial charge on any atom is 0.276 e. The van der Waals surface area contributed by atoms with Crippen LogP contribution < -0.4 is 4.90 Å². The van der Waals surface area contributed by atoms with E-state index in [1.54, 1.807) is 39.7 Å². The molecule has 12 nitrogen and oxygen atoms in total. The summed E-state index contributed by atoms with van der Waals surface area (Å²) >= 11 is 0. The Bertz CT molecular complexity index is 1720. The van der Waals surface area contributed by atoms with Gasteiger partial charge in [0.05, 0.1) is 18.8 Å². The Labute approximate surface area is 249 Å². The average molecular weight is 585 g/mol. The monoisotopic (exact) mass is 584 g/mol. The van der Waals surface area contributed by atoms with Crippen LogP contribution in [0.2, 0.25) is 0 Å². The maximum atomic E-state index is 13.8. The Balaban J connectivity index is 1.18. The van der Waals surface area contributed by atoms with E-state index >= 15 is 0 Å². The van der Waals surface area contributed by atoms with Gasteiger partial charge in [-0.25, -0.2) is 9.98 Å². The minimum atomic E-state index is -0.288. The van der Waals surface area contributed by atoms with E-state index in [4.69, 9.17) is 0 Å². The first-order chi connectivity index (χ1) is 20.5. The first kappa shape index (κ1) is 27.5. The maximum absolute atomic E-state index is 13.8. The summed E-state index contributed by atoms with van der Waals surface area (Å²) in [6.45, 7) is 6.40. The molecular weight excluding hydrogens is 548 g/mol. The predicted molar refractivity (Wildman–Crippen MR) is 158 cm³/mol. The molecule has 3 amide bonds. The van der Waals surface area contributed by atoms with E-state index in [0.29, 0.717) is 61.2 Å². The minimum absolute atomic E-state index is 0.0261. The number of aliphatic hydroxyl groups excluding tert-OH is 1. The van der Waals surface area contributed by atoms with Crippen molar-refractivity contribution in [2.75, 3.05) is 32.1 Å². The Hall–Kier alpha value is -4.32. The third kappa shape index (κ3) is 4.55. The highest BCUT2D eigenvalue weighted by atomic mass is 16.3. The van der Waals surface area contributed by atoms with Crippen LogP contribution in [0, 0.1) is 5.41 Å². The Morgan fingerprint density at radius 2 is 1.86 bits per heavy atom. The third-order valence-electron chi connectivity index (χ3n) is 9.29. The van der Waals surface area contributed by atoms with E-state index in [2.05, 4.69) is 33.5 Å². The molecule has 3 aromatic heterocycles. The Morgan fingerprint density at radius 1 is 1.05 bits per heavy atom. The van der Waals surface area contributed by atoms with Gasteiger partial charge in [0, 0.05) is 69.6 Å². The van der Waals surface area contributed by atoms with Crippen molar-refractivity contribution >= 4 is 35.1 Å². The fourth-order valence-electron chi connectivity index (χ4n) is 7.18. The topological polar surface area (TPSA) is 129 Å². The number of carbonyl (C=O) groups is 3. The Kier molecular flexibility index (Phi) is 6.31. The van der Waals surface area contributed by atoms with Gasteiger partial charge in [-0.1, -0.05) is 13.8 Å². The number of piperidine rings is 1. The zero-order chi connectivity index (χ0) is 30.2. The van der Waals surface area contributed by atoms with Gasteiger partial charge in [-0.15, -0.1) is 0 Å². The second-order valence-electron chi connectivity index (χ2n) is 13.0. The van der Waals surface area contributed by atoms with Gasteiger partial charge in [-0.05, 0) is 41.5 Å². The summed E-state index contributed by atoms with van der Waals surface area (Å²) in [7, 11) is 3.48. The van der Waals surface area contributed by atoms with Gasteiger partial charge in [0.25, 0.3) is 11.8 Å². The third-order valence-corrected chi connectivity index (χ3v) is 9.29. The van der Waals surface area contributed by atoms with Gasteiger partial charge in [0.1, 0.15) is 23.8 Å². The van der Waals surface area contributed by atoms with Crippen LogP contribution in [-0.2, 0) is 48.7 Å². The summed E-state index contributed by atoms with van der Waals surface area (Å²) in [5, 5.41) is 15.1. The van der Waals surface area contributed by atoms with Crippen molar-refractivity contribution < 1.29 is 19.5 Å². The number of carbonyl (C=O) groups excluding carboxylic acids is 3. The summed E-state index contributed by atoms with van der Waals surface area (Å²) in [6.07, 6.45) is 3.94. The molecule has 3 aromatic rings. The van der Waals surface area contributed by atoms with Gasteiger partial charge in [0.15, 0.2) is 5.82 Å². The molecule has 0 bridgehead atoms. The number of likely N-dealkylation sites (tertiary alicyclic amines) is 1. The lowest BCUT2D eigenvalue weighted by molar-refractivity contribution is -0.132. The van der Waals surface area contributed by atoms with Crippen LogP contribution in [0.1, 0.15) is 64.8 Å². The SMILES string of the molecule is CN1Cc2cc(N=C3CC(c4ccnc(N5CCn6c(cc7c6CC(C)(C)C7)C5=O)c4CO)CN(C)C3=O)nn2CC1=O. The fraction of sp³-hybridized carbons (Fsp3) is 0.484. The first-order valence-electron chi connectivity index (χ1n) is 14.8. The highest BCUT2D eigenvalue weighted by Crippen LogP contribution is 2.40. The lowest BCUT2D eigenvalue weighted by Gasteiger charge is -2.34. The number of amides is 3. The minimum Gasteiger partial charge on any atom is -0.392 e. The van der Waals surface area contributed by atoms with Crippen molar-refractivity contribution in [1.29, 1.82) is 0 Å². The molecule has 43 heavy (non-hydrogen) atoms. The van der Waals surface area contributed by atoms with Crippen LogP contribution in [0.15, 0.2) is 29.4 Å². The predicted octanol–water partition coefficient (Wildman–Crippen LogP) is 2.05. The summed E-state index contributed by atoms with van der Waals surface area (Å²) in [4.78, 5) is 53.2. The van der Waals surface area contributed by atoms with Gasteiger partial charge in [-0.2, -0.15) is 5.10 Å². The van der Waals surface area contributed by atoms with E-state index < -0.39 is 0 Å². The standard InChI is InChI=1S/C31H36N8O4/c1-31(2)12-18-10-24-30(43)38(8-7-37(24)25(18)13-31)28-22(17-40)21(5-6-32-28)19-9-23(29(42)36(4)14-19)33-26-11-20-15-35(3)27(41)16-39(20)34-26/h5-6,10-11,19,40H,7-9,12-17H2,1-4H3. The van der Waals surface area contributed by atoms with Crippen molar-refractivity contribution in [3.05, 3.63) is 58.2 Å². The number of fused-ring (bicyclic) bond motifs is 4. The number of likely N-dealkylation sites (N-methyl/N-ethyl adjacent to an activating group) is 2. The van der Waals surface area contributed by atoms with Crippen LogP contribution in [0.5, 0.6) is 0 Å². The van der Waals surface area contributed by atoms with Crippen LogP contribution in [0.4, 0.5) is 11.6 Å². The molecule has 12 heteroatoms. The van der Waals surface area contributed by atoms with Crippen LogP contribution in [-0.4, -0.2) is 84.9 Å². The molecule has 1 fully saturated rings. The summed E-state index contributed by atoms with van der Waals surface area (Å²) in [5.41, 5.74) is 6.05. The van der Waals surface area contributed by atoms with E-state index in [1.807, 2.05) is 18.2 Å². The quantitative estimate of drug-likeness (QED) is 0.500. The van der Waals surface area contributed by atoms with Gasteiger partial charge in [0.2, 0.25) is 5.91 Å². The highest BCUT2D eigenvalue weighted by molar-refractivity contribution is 6.39. The van der Waals surface area contributed by atoms with Crippen molar-refractivity contribution in [3.8, 4) is 0 Å². The molecule has 1 N–H and O–H groups in total. The lowest BCUT2D eigenvalue weighted by Crippen LogP contribution is -2.43. The number of anilines is 1. The van der Waals surface area contributed by atoms with Crippen molar-refractivity contribution in [3.63, 3.8) is 0 Å². The molecule has 224 valence electrons. The zero-order valence-electron chi connectivity index (χ0n) is 25.0. The molecule has 0 radical (unpaired) electrons. The van der Waals surface area contributed by atoms with Gasteiger partial charge in [-0.3, -0.25) is 24.0 Å². The molecule has 1 aliphatic carbocycles. The summed E-state index contributed by atoms with van der Waals surface area (Å²) in [6, 6.07) is 5.71. The van der Waals surface area contributed by atoms with Crippen molar-refractivity contribution in [2.24, 2.45) is 10.4 Å². The molecular formula is C31H36N8O4. The number of aliphatic imine (C=N–C) groups is 1. The van der Waals surface area contributed by atoms with E-state index in [-0.39, 0.29) is 42.2 Å². The molecule has 3 aliphatic heterocycles. The second kappa shape index (κ2) is 9.87. The zero-order valence-corrected chi connectivity index (χ0v) is 25.0.